The number of carbonyl (C=O) groups is 2. The van der Waals surface area contributed by atoms with E-state index in [0.717, 1.165) is 0 Å². The molecule has 1 aliphatic heterocycles. The molecule has 0 amide bonds. The van der Waals surface area contributed by atoms with E-state index in [0.29, 0.717) is 11.1 Å². The molecule has 0 radical (unpaired) electrons. The fourth-order valence-electron chi connectivity index (χ4n) is 2.32. The average molecular weight is 345 g/mol. The zero-order valence-electron chi connectivity index (χ0n) is 13.1. The molecule has 1 N–H and O–H groups in total. The number of hydroxylamine groups is 1. The van der Waals surface area contributed by atoms with Crippen molar-refractivity contribution in [3.05, 3.63) is 71.8 Å². The van der Waals surface area contributed by atoms with Crippen molar-refractivity contribution in [2.45, 2.75) is 18.5 Å². The SMILES string of the molecule is O=C(OC[C@H]1ON[C@@H](F)[C@@H]1OC(=O)c1ccccc1)c1ccccc1. The highest BCUT2D eigenvalue weighted by Crippen LogP contribution is 2.19. The summed E-state index contributed by atoms with van der Waals surface area (Å²) >= 11 is 0. The molecule has 0 unspecified atom stereocenters. The van der Waals surface area contributed by atoms with Gasteiger partial charge in [-0.15, -0.1) is 0 Å². The maximum atomic E-state index is 13.9. The number of halogens is 1. The van der Waals surface area contributed by atoms with Crippen LogP contribution in [0.25, 0.3) is 0 Å². The van der Waals surface area contributed by atoms with Gasteiger partial charge in [0.15, 0.2) is 12.2 Å². The molecule has 25 heavy (non-hydrogen) atoms. The summed E-state index contributed by atoms with van der Waals surface area (Å²) in [6.07, 6.45) is -3.89. The summed E-state index contributed by atoms with van der Waals surface area (Å²) in [5.41, 5.74) is 2.76. The second-order valence-corrected chi connectivity index (χ2v) is 5.38. The first-order chi connectivity index (χ1) is 12.1. The Bertz CT molecular complexity index is 725. The zero-order chi connectivity index (χ0) is 17.6. The van der Waals surface area contributed by atoms with Crippen LogP contribution in [-0.2, 0) is 14.3 Å². The van der Waals surface area contributed by atoms with Crippen molar-refractivity contribution in [1.29, 1.82) is 0 Å². The molecule has 1 aliphatic rings. The minimum Gasteiger partial charge on any atom is -0.459 e. The van der Waals surface area contributed by atoms with Crippen LogP contribution in [-0.4, -0.2) is 37.0 Å². The van der Waals surface area contributed by atoms with E-state index in [9.17, 15) is 14.0 Å². The number of carbonyl (C=O) groups excluding carboxylic acids is 2. The Labute approximate surface area is 143 Å². The normalized spacial score (nSPS) is 22.4. The van der Waals surface area contributed by atoms with Crippen molar-refractivity contribution in [2.24, 2.45) is 0 Å². The molecular weight excluding hydrogens is 329 g/mol. The van der Waals surface area contributed by atoms with Gasteiger partial charge < -0.3 is 9.47 Å². The third-order valence-corrected chi connectivity index (χ3v) is 3.63. The molecule has 3 atom stereocenters. The number of hydrogen-bond donors (Lipinski definition) is 1. The molecule has 0 bridgehead atoms. The van der Waals surface area contributed by atoms with Crippen molar-refractivity contribution in [3.63, 3.8) is 0 Å². The van der Waals surface area contributed by atoms with E-state index in [1.54, 1.807) is 60.7 Å². The summed E-state index contributed by atoms with van der Waals surface area (Å²) < 4.78 is 24.2. The fourth-order valence-corrected chi connectivity index (χ4v) is 2.32. The van der Waals surface area contributed by atoms with Gasteiger partial charge in [-0.1, -0.05) is 36.4 Å². The van der Waals surface area contributed by atoms with Gasteiger partial charge in [-0.3, -0.25) is 4.84 Å². The lowest BCUT2D eigenvalue weighted by atomic mass is 10.2. The van der Waals surface area contributed by atoms with Crippen LogP contribution in [0.2, 0.25) is 0 Å². The number of alkyl halides is 1. The highest BCUT2D eigenvalue weighted by molar-refractivity contribution is 5.90. The van der Waals surface area contributed by atoms with E-state index in [1.807, 2.05) is 0 Å². The standard InChI is InChI=1S/C18H16FNO5/c19-16-15(24-18(22)13-9-5-2-6-10-13)14(25-20-16)11-23-17(21)12-7-3-1-4-8-12/h1-10,14-16,20H,11H2/t14-,15-,16-/m1/s1. The van der Waals surface area contributed by atoms with Gasteiger partial charge in [0, 0.05) is 0 Å². The van der Waals surface area contributed by atoms with Crippen LogP contribution < -0.4 is 5.48 Å². The van der Waals surface area contributed by atoms with E-state index in [-0.39, 0.29) is 6.61 Å². The third kappa shape index (κ3) is 4.20. The Hall–Kier alpha value is -2.77. The van der Waals surface area contributed by atoms with Crippen molar-refractivity contribution in [1.82, 2.24) is 5.48 Å². The Balaban J connectivity index is 1.59. The maximum absolute atomic E-state index is 13.9. The molecule has 0 saturated carbocycles. The molecule has 130 valence electrons. The molecule has 1 fully saturated rings. The Kier molecular flexibility index (Phi) is 5.37. The molecule has 3 rings (SSSR count). The van der Waals surface area contributed by atoms with Crippen molar-refractivity contribution >= 4 is 11.9 Å². The van der Waals surface area contributed by atoms with E-state index < -0.39 is 30.4 Å². The molecule has 0 spiro atoms. The third-order valence-electron chi connectivity index (χ3n) is 3.63. The fraction of sp³-hybridized carbons (Fsp3) is 0.222. The van der Waals surface area contributed by atoms with Gasteiger partial charge in [0.05, 0.1) is 11.1 Å². The van der Waals surface area contributed by atoms with Gasteiger partial charge in [0.1, 0.15) is 6.61 Å². The first-order valence-electron chi connectivity index (χ1n) is 7.68. The number of ether oxygens (including phenoxy) is 2. The highest BCUT2D eigenvalue weighted by Gasteiger charge is 2.42. The van der Waals surface area contributed by atoms with Crippen LogP contribution in [0.5, 0.6) is 0 Å². The predicted molar refractivity (Wildman–Crippen MR) is 85.3 cm³/mol. The Morgan fingerprint density at radius 2 is 1.52 bits per heavy atom. The summed E-state index contributed by atoms with van der Waals surface area (Å²) in [4.78, 5) is 29.0. The summed E-state index contributed by atoms with van der Waals surface area (Å²) in [7, 11) is 0. The highest BCUT2D eigenvalue weighted by atomic mass is 19.1. The van der Waals surface area contributed by atoms with Crippen LogP contribution in [0, 0.1) is 0 Å². The maximum Gasteiger partial charge on any atom is 0.338 e. The van der Waals surface area contributed by atoms with Crippen molar-refractivity contribution < 1.29 is 28.3 Å². The monoisotopic (exact) mass is 345 g/mol. The van der Waals surface area contributed by atoms with Crippen LogP contribution in [0.1, 0.15) is 20.7 Å². The van der Waals surface area contributed by atoms with E-state index in [1.165, 1.54) is 0 Å². The molecule has 2 aromatic rings. The number of hydrogen-bond acceptors (Lipinski definition) is 6. The molecule has 7 heteroatoms. The summed E-state index contributed by atoms with van der Waals surface area (Å²) in [5.74, 6) is -1.25. The smallest absolute Gasteiger partial charge is 0.338 e. The predicted octanol–water partition coefficient (Wildman–Crippen LogP) is 2.27. The Morgan fingerprint density at radius 3 is 2.12 bits per heavy atom. The lowest BCUT2D eigenvalue weighted by molar-refractivity contribution is -0.0475. The van der Waals surface area contributed by atoms with Crippen LogP contribution in [0.15, 0.2) is 60.7 Å². The second kappa shape index (κ2) is 7.87. The lowest BCUT2D eigenvalue weighted by Crippen LogP contribution is -2.37. The molecule has 1 saturated heterocycles. The van der Waals surface area contributed by atoms with E-state index in [2.05, 4.69) is 5.48 Å². The first kappa shape index (κ1) is 17.1. The van der Waals surface area contributed by atoms with Crippen LogP contribution in [0.3, 0.4) is 0 Å². The topological polar surface area (TPSA) is 73.9 Å². The van der Waals surface area contributed by atoms with Gasteiger partial charge in [-0.05, 0) is 24.3 Å². The van der Waals surface area contributed by atoms with Gasteiger partial charge >= 0.3 is 11.9 Å². The van der Waals surface area contributed by atoms with Crippen LogP contribution in [0.4, 0.5) is 4.39 Å². The molecular formula is C18H16FNO5. The second-order valence-electron chi connectivity index (χ2n) is 5.38. The quantitative estimate of drug-likeness (QED) is 0.662. The number of nitrogens with one attached hydrogen (secondary N) is 1. The number of esters is 2. The number of benzene rings is 2. The molecule has 1 heterocycles. The van der Waals surface area contributed by atoms with Crippen molar-refractivity contribution in [2.75, 3.05) is 6.61 Å². The first-order valence-corrected chi connectivity index (χ1v) is 7.68. The summed E-state index contributed by atoms with van der Waals surface area (Å²) in [6.45, 7) is -0.256. The van der Waals surface area contributed by atoms with Gasteiger partial charge in [-0.2, -0.15) is 5.48 Å². The van der Waals surface area contributed by atoms with Gasteiger partial charge in [0.2, 0.25) is 6.30 Å². The largest absolute Gasteiger partial charge is 0.459 e. The van der Waals surface area contributed by atoms with Gasteiger partial charge in [-0.25, -0.2) is 14.0 Å². The minimum absolute atomic E-state index is 0.256. The van der Waals surface area contributed by atoms with Crippen molar-refractivity contribution in [3.8, 4) is 0 Å². The summed E-state index contributed by atoms with van der Waals surface area (Å²) in [5, 5.41) is 0. The summed E-state index contributed by atoms with van der Waals surface area (Å²) in [6, 6.07) is 16.6. The molecule has 2 aromatic carbocycles. The zero-order valence-corrected chi connectivity index (χ0v) is 13.1. The number of rotatable bonds is 5. The van der Waals surface area contributed by atoms with Gasteiger partial charge in [0.25, 0.3) is 0 Å². The lowest BCUT2D eigenvalue weighted by Gasteiger charge is -2.18. The molecule has 0 aromatic heterocycles. The van der Waals surface area contributed by atoms with Crippen LogP contribution >= 0.6 is 0 Å². The molecule has 6 nitrogen and oxygen atoms in total. The Morgan fingerprint density at radius 1 is 0.960 bits per heavy atom. The average Bonchev–Trinajstić information content (AvgIpc) is 3.01. The minimum atomic E-state index is -1.71. The van der Waals surface area contributed by atoms with E-state index >= 15 is 0 Å². The van der Waals surface area contributed by atoms with E-state index in [4.69, 9.17) is 14.3 Å². The molecule has 0 aliphatic carbocycles.